The number of unbranched alkanes of at least 4 members (excludes halogenated alkanes) is 1. The van der Waals surface area contributed by atoms with Crippen LogP contribution in [0.25, 0.3) is 0 Å². The molecule has 0 spiro atoms. The van der Waals surface area contributed by atoms with Crippen molar-refractivity contribution in [3.8, 4) is 5.75 Å². The monoisotopic (exact) mass is 562 g/mol. The second-order valence-electron chi connectivity index (χ2n) is 9.86. The Bertz CT molecular complexity index is 1030. The maximum absolute atomic E-state index is 13.4. The molecule has 222 valence electrons. The summed E-state index contributed by atoms with van der Waals surface area (Å²) < 4.78 is 0. The number of aliphatic carboxylic acids is 1. The fraction of sp³-hybridized carbons (Fsp3) is 0.577. The third-order valence-corrected chi connectivity index (χ3v) is 6.69. The van der Waals surface area contributed by atoms with Gasteiger partial charge in [0, 0.05) is 19.5 Å². The number of nitrogens with two attached hydrogens (primary N) is 4. The van der Waals surface area contributed by atoms with E-state index in [2.05, 4.69) is 15.6 Å². The van der Waals surface area contributed by atoms with Crippen LogP contribution in [0.2, 0.25) is 0 Å². The lowest BCUT2D eigenvalue weighted by Gasteiger charge is -2.28. The largest absolute Gasteiger partial charge is 0.508 e. The van der Waals surface area contributed by atoms with E-state index in [4.69, 9.17) is 22.9 Å². The van der Waals surface area contributed by atoms with Crippen molar-refractivity contribution in [1.29, 1.82) is 0 Å². The van der Waals surface area contributed by atoms with Crippen LogP contribution in [0.3, 0.4) is 0 Å². The molecule has 1 aromatic carbocycles. The molecule has 0 bridgehead atoms. The summed E-state index contributed by atoms with van der Waals surface area (Å²) in [4.78, 5) is 56.7. The molecule has 1 aliphatic rings. The van der Waals surface area contributed by atoms with Gasteiger partial charge in [-0.05, 0) is 69.2 Å². The zero-order valence-corrected chi connectivity index (χ0v) is 22.6. The molecular formula is C26H42N8O6. The molecule has 0 aliphatic carbocycles. The van der Waals surface area contributed by atoms with Crippen molar-refractivity contribution in [2.24, 2.45) is 27.9 Å². The molecule has 4 unspecified atom stereocenters. The number of aliphatic imine (C=N–C) groups is 1. The summed E-state index contributed by atoms with van der Waals surface area (Å²) in [5, 5.41) is 24.4. The molecular weight excluding hydrogens is 520 g/mol. The number of carboxylic acids is 1. The average molecular weight is 563 g/mol. The van der Waals surface area contributed by atoms with Gasteiger partial charge in [0.05, 0.1) is 6.04 Å². The summed E-state index contributed by atoms with van der Waals surface area (Å²) in [7, 11) is 0. The highest BCUT2D eigenvalue weighted by Gasteiger charge is 2.38. The SMILES string of the molecule is NCCCCC(NC(=O)C(Cc1ccc(O)cc1)NC(=O)C1CCCN1C(=O)C(N)CCCN=C(N)N)C(=O)O. The van der Waals surface area contributed by atoms with Gasteiger partial charge in [-0.3, -0.25) is 19.4 Å². The van der Waals surface area contributed by atoms with Gasteiger partial charge in [-0.1, -0.05) is 12.1 Å². The second kappa shape index (κ2) is 16.3. The third kappa shape index (κ3) is 10.3. The summed E-state index contributed by atoms with van der Waals surface area (Å²) in [5.74, 6) is -2.79. The Hall–Kier alpha value is -3.91. The van der Waals surface area contributed by atoms with E-state index in [9.17, 15) is 29.4 Å². The fourth-order valence-corrected chi connectivity index (χ4v) is 4.53. The number of nitrogens with zero attached hydrogens (tertiary/aromatic N) is 2. The maximum Gasteiger partial charge on any atom is 0.326 e. The number of amides is 3. The van der Waals surface area contributed by atoms with Gasteiger partial charge in [0.25, 0.3) is 0 Å². The lowest BCUT2D eigenvalue weighted by atomic mass is 10.0. The molecule has 2 rings (SSSR count). The molecule has 40 heavy (non-hydrogen) atoms. The number of likely N-dealkylation sites (tertiary alicyclic amines) is 1. The fourth-order valence-electron chi connectivity index (χ4n) is 4.53. The van der Waals surface area contributed by atoms with E-state index >= 15 is 0 Å². The number of rotatable bonds is 16. The molecule has 14 heteroatoms. The van der Waals surface area contributed by atoms with E-state index < -0.39 is 42.0 Å². The number of guanidine groups is 1. The number of hydrogen-bond acceptors (Lipinski definition) is 8. The van der Waals surface area contributed by atoms with Gasteiger partial charge in [0.15, 0.2) is 5.96 Å². The number of carbonyl (C=O) groups excluding carboxylic acids is 3. The van der Waals surface area contributed by atoms with E-state index in [1.807, 2.05) is 0 Å². The number of carboxylic acid groups (broad SMARTS) is 1. The number of aromatic hydroxyl groups is 1. The van der Waals surface area contributed by atoms with Crippen LogP contribution in [-0.2, 0) is 25.6 Å². The summed E-state index contributed by atoms with van der Waals surface area (Å²) in [6.07, 6.45) is 3.13. The van der Waals surface area contributed by atoms with Gasteiger partial charge in [-0.15, -0.1) is 0 Å². The summed E-state index contributed by atoms with van der Waals surface area (Å²) >= 11 is 0. The number of carbonyl (C=O) groups is 4. The first-order chi connectivity index (χ1) is 19.0. The van der Waals surface area contributed by atoms with E-state index in [0.29, 0.717) is 63.7 Å². The molecule has 1 aliphatic heterocycles. The van der Waals surface area contributed by atoms with Crippen molar-refractivity contribution in [2.45, 2.75) is 75.5 Å². The number of phenolic OH excluding ortho intramolecular Hbond substituents is 1. The van der Waals surface area contributed by atoms with Crippen LogP contribution in [0.5, 0.6) is 5.75 Å². The molecule has 0 aromatic heterocycles. The molecule has 0 saturated carbocycles. The van der Waals surface area contributed by atoms with Crippen molar-refractivity contribution >= 4 is 29.7 Å². The number of hydrogen-bond donors (Lipinski definition) is 8. The summed E-state index contributed by atoms with van der Waals surface area (Å²) in [6, 6.07) is 2.15. The molecule has 3 amide bonds. The molecule has 1 fully saturated rings. The number of phenols is 1. The molecule has 14 nitrogen and oxygen atoms in total. The maximum atomic E-state index is 13.4. The van der Waals surface area contributed by atoms with Gasteiger partial charge in [-0.25, -0.2) is 4.79 Å². The Kier molecular flexibility index (Phi) is 13.1. The van der Waals surface area contributed by atoms with Crippen LogP contribution in [0, 0.1) is 0 Å². The van der Waals surface area contributed by atoms with E-state index in [1.54, 1.807) is 12.1 Å². The van der Waals surface area contributed by atoms with Gasteiger partial charge < -0.3 is 48.7 Å². The minimum absolute atomic E-state index is 0.0365. The smallest absolute Gasteiger partial charge is 0.326 e. The van der Waals surface area contributed by atoms with E-state index in [-0.39, 0.29) is 30.5 Å². The third-order valence-electron chi connectivity index (χ3n) is 6.69. The average Bonchev–Trinajstić information content (AvgIpc) is 3.40. The van der Waals surface area contributed by atoms with Crippen LogP contribution in [0.15, 0.2) is 29.3 Å². The second-order valence-corrected chi connectivity index (χ2v) is 9.86. The minimum atomic E-state index is -1.19. The Morgan fingerprint density at radius 2 is 1.73 bits per heavy atom. The lowest BCUT2D eigenvalue weighted by Crippen LogP contribution is -2.57. The summed E-state index contributed by atoms with van der Waals surface area (Å²) in [5.41, 5.74) is 22.8. The van der Waals surface area contributed by atoms with Crippen molar-refractivity contribution in [3.05, 3.63) is 29.8 Å². The Labute approximate surface area is 233 Å². The zero-order chi connectivity index (χ0) is 29.7. The van der Waals surface area contributed by atoms with Crippen LogP contribution in [-0.4, -0.2) is 88.6 Å². The first kappa shape index (κ1) is 32.3. The highest BCUT2D eigenvalue weighted by molar-refractivity contribution is 5.94. The zero-order valence-electron chi connectivity index (χ0n) is 22.6. The van der Waals surface area contributed by atoms with Crippen molar-refractivity contribution in [2.75, 3.05) is 19.6 Å². The van der Waals surface area contributed by atoms with Gasteiger partial charge in [0.1, 0.15) is 23.9 Å². The van der Waals surface area contributed by atoms with Crippen LogP contribution < -0.4 is 33.6 Å². The van der Waals surface area contributed by atoms with Crippen molar-refractivity contribution < 1.29 is 29.4 Å². The van der Waals surface area contributed by atoms with Crippen LogP contribution >= 0.6 is 0 Å². The molecule has 12 N–H and O–H groups in total. The first-order valence-electron chi connectivity index (χ1n) is 13.5. The Balaban J connectivity index is 2.13. The van der Waals surface area contributed by atoms with Crippen molar-refractivity contribution in [1.82, 2.24) is 15.5 Å². The standard InChI is InChI=1S/C26H42N8O6/c27-12-2-1-6-19(25(39)40)32-22(36)20(15-16-8-10-17(35)11-9-16)33-23(37)21-7-4-14-34(21)24(38)18(28)5-3-13-31-26(29)30/h8-11,18-21,35H,1-7,12-15,27-28H2,(H,32,36)(H,33,37)(H,39,40)(H4,29,30,31). The number of benzene rings is 1. The summed E-state index contributed by atoms with van der Waals surface area (Å²) in [6.45, 7) is 1.07. The molecule has 4 atom stereocenters. The van der Waals surface area contributed by atoms with Crippen LogP contribution in [0.1, 0.15) is 50.5 Å². The Morgan fingerprint density at radius 1 is 1.02 bits per heavy atom. The van der Waals surface area contributed by atoms with Crippen molar-refractivity contribution in [3.63, 3.8) is 0 Å². The normalized spacial score (nSPS) is 16.9. The molecule has 1 heterocycles. The van der Waals surface area contributed by atoms with Crippen LogP contribution in [0.4, 0.5) is 0 Å². The Morgan fingerprint density at radius 3 is 2.35 bits per heavy atom. The number of nitrogens with one attached hydrogen (secondary N) is 2. The highest BCUT2D eigenvalue weighted by Crippen LogP contribution is 2.20. The predicted molar refractivity (Wildman–Crippen MR) is 149 cm³/mol. The predicted octanol–water partition coefficient (Wildman–Crippen LogP) is -1.51. The van der Waals surface area contributed by atoms with E-state index in [0.717, 1.165) is 0 Å². The van der Waals surface area contributed by atoms with Gasteiger partial charge in [0.2, 0.25) is 17.7 Å². The molecule has 1 saturated heterocycles. The van der Waals surface area contributed by atoms with E-state index in [1.165, 1.54) is 17.0 Å². The molecule has 1 aromatic rings. The first-order valence-corrected chi connectivity index (χ1v) is 13.5. The van der Waals surface area contributed by atoms with Gasteiger partial charge in [-0.2, -0.15) is 0 Å². The highest BCUT2D eigenvalue weighted by atomic mass is 16.4. The quantitative estimate of drug-likeness (QED) is 0.0656. The lowest BCUT2D eigenvalue weighted by molar-refractivity contribution is -0.143. The topological polar surface area (TPSA) is 252 Å². The molecule has 0 radical (unpaired) electrons. The van der Waals surface area contributed by atoms with Gasteiger partial charge >= 0.3 is 5.97 Å². The minimum Gasteiger partial charge on any atom is -0.508 e.